The van der Waals surface area contributed by atoms with Crippen LogP contribution in [-0.4, -0.2) is 42.1 Å². The van der Waals surface area contributed by atoms with Gasteiger partial charge in [-0.05, 0) is 61.3 Å². The van der Waals surface area contributed by atoms with Gasteiger partial charge in [0.05, 0.1) is 32.0 Å². The van der Waals surface area contributed by atoms with Crippen LogP contribution >= 0.6 is 0 Å². The van der Waals surface area contributed by atoms with Crippen molar-refractivity contribution >= 4 is 17.4 Å². The number of rotatable bonds is 5. The van der Waals surface area contributed by atoms with Crippen molar-refractivity contribution in [1.82, 2.24) is 20.6 Å². The highest BCUT2D eigenvalue weighted by Gasteiger charge is 2.67. The minimum atomic E-state index is -0.369. The zero-order valence-electron chi connectivity index (χ0n) is 18.6. The van der Waals surface area contributed by atoms with Crippen molar-refractivity contribution in [2.24, 2.45) is 24.8 Å². The Morgan fingerprint density at radius 3 is 2.91 bits per heavy atom. The number of anilines is 2. The predicted octanol–water partition coefficient (Wildman–Crippen LogP) is 1.98. The van der Waals surface area contributed by atoms with E-state index in [0.717, 1.165) is 54.3 Å². The lowest BCUT2D eigenvalue weighted by Crippen LogP contribution is -2.39. The van der Waals surface area contributed by atoms with Crippen molar-refractivity contribution < 1.29 is 14.3 Å². The molecule has 3 fully saturated rings. The summed E-state index contributed by atoms with van der Waals surface area (Å²) < 4.78 is 12.6. The van der Waals surface area contributed by atoms with E-state index in [1.165, 1.54) is 0 Å². The number of fused-ring (bicyclic) bond motifs is 3. The van der Waals surface area contributed by atoms with E-state index >= 15 is 0 Å². The average molecular weight is 439 g/mol. The molecule has 6 atom stereocenters. The summed E-state index contributed by atoms with van der Waals surface area (Å²) in [6.07, 6.45) is 6.18. The molecule has 6 rings (SSSR count). The molecule has 9 nitrogen and oxygen atoms in total. The van der Waals surface area contributed by atoms with Crippen LogP contribution in [0, 0.1) is 17.8 Å². The normalized spacial score (nSPS) is 34.7. The molecular formula is C23H30N6O3. The fourth-order valence-electron chi connectivity index (χ4n) is 6.38. The molecule has 1 aromatic heterocycles. The maximum absolute atomic E-state index is 13.0. The number of carbonyl (C=O) groups excluding carboxylic acids is 1. The Morgan fingerprint density at radius 2 is 2.09 bits per heavy atom. The second kappa shape index (κ2) is 7.11. The number of benzene rings is 1. The fraction of sp³-hybridized carbons (Fsp3) is 0.565. The number of methoxy groups -OCH3 is 2. The minimum absolute atomic E-state index is 0.0951. The standard InChI is InChI=1S/C23H30N6O3/c1-29-11-19(32-3)21(28-29)25-20-14-6-4-12(8-18(14)26-27-20)16-10-23(16)15-9-13(31-2)5-7-17(15)24-22(23)30/h5,7,9,11-12,14,16,18,20,26-27H,4,6,8,10H2,1-3H3,(H,24,30)(H,25,28)/t12?,14?,16-,18?,20?,23-/m0/s1. The highest BCUT2D eigenvalue weighted by Crippen LogP contribution is 2.65. The van der Waals surface area contributed by atoms with Crippen molar-refractivity contribution in [3.05, 3.63) is 30.0 Å². The summed E-state index contributed by atoms with van der Waals surface area (Å²) in [5, 5.41) is 11.1. The SMILES string of the molecule is COc1ccc2c(c1)[C@]1(C[C@H]1C1CCC3C(C1)NNC3Nc1nn(C)cc1OC)C(=O)N2. The number of aromatic nitrogens is 2. The Bertz CT molecular complexity index is 1070. The summed E-state index contributed by atoms with van der Waals surface area (Å²) >= 11 is 0. The molecule has 0 bridgehead atoms. The Hall–Kier alpha value is -2.78. The Labute approximate surface area is 187 Å². The molecule has 1 spiro atoms. The molecule has 9 heteroatoms. The van der Waals surface area contributed by atoms with Gasteiger partial charge in [-0.1, -0.05) is 0 Å². The lowest BCUT2D eigenvalue weighted by molar-refractivity contribution is -0.118. The molecule has 2 aliphatic heterocycles. The van der Waals surface area contributed by atoms with Gasteiger partial charge in [0.2, 0.25) is 5.91 Å². The van der Waals surface area contributed by atoms with Gasteiger partial charge in [0.15, 0.2) is 11.6 Å². The Balaban J connectivity index is 1.16. The number of hydrogen-bond donors (Lipinski definition) is 4. The highest BCUT2D eigenvalue weighted by atomic mass is 16.5. The van der Waals surface area contributed by atoms with Gasteiger partial charge in [-0.15, -0.1) is 0 Å². The van der Waals surface area contributed by atoms with Crippen LogP contribution in [0.5, 0.6) is 11.5 Å². The first-order valence-electron chi connectivity index (χ1n) is 11.4. The van der Waals surface area contributed by atoms with Gasteiger partial charge >= 0.3 is 0 Å². The van der Waals surface area contributed by atoms with Gasteiger partial charge in [-0.3, -0.25) is 14.9 Å². The molecule has 4 unspecified atom stereocenters. The maximum atomic E-state index is 13.0. The third-order valence-corrected chi connectivity index (χ3v) is 8.05. The van der Waals surface area contributed by atoms with Crippen molar-refractivity contribution in [1.29, 1.82) is 0 Å². The number of hydrazine groups is 1. The number of aryl methyl sites for hydroxylation is 1. The van der Waals surface area contributed by atoms with Gasteiger partial charge in [0.1, 0.15) is 5.75 Å². The van der Waals surface area contributed by atoms with Crippen LogP contribution in [0.3, 0.4) is 0 Å². The third kappa shape index (κ3) is 2.84. The molecule has 2 aliphatic carbocycles. The molecule has 1 saturated heterocycles. The number of amides is 1. The Morgan fingerprint density at radius 1 is 1.22 bits per heavy atom. The quantitative estimate of drug-likeness (QED) is 0.566. The molecular weight excluding hydrogens is 408 g/mol. The van der Waals surface area contributed by atoms with Gasteiger partial charge in [-0.25, -0.2) is 5.43 Å². The maximum Gasteiger partial charge on any atom is 0.235 e. The molecule has 4 N–H and O–H groups in total. The number of ether oxygens (including phenoxy) is 2. The first-order chi connectivity index (χ1) is 15.5. The highest BCUT2D eigenvalue weighted by molar-refractivity contribution is 6.09. The zero-order chi connectivity index (χ0) is 22.0. The molecule has 2 saturated carbocycles. The van der Waals surface area contributed by atoms with Gasteiger partial charge in [0.25, 0.3) is 0 Å². The van der Waals surface area contributed by atoms with E-state index in [2.05, 4.69) is 32.7 Å². The first-order valence-corrected chi connectivity index (χ1v) is 11.4. The molecule has 3 heterocycles. The zero-order valence-corrected chi connectivity index (χ0v) is 18.6. The second-order valence-corrected chi connectivity index (χ2v) is 9.62. The second-order valence-electron chi connectivity index (χ2n) is 9.62. The topological polar surface area (TPSA) is 101 Å². The van der Waals surface area contributed by atoms with Gasteiger partial charge in [0, 0.05) is 24.7 Å². The molecule has 1 amide bonds. The monoisotopic (exact) mass is 438 g/mol. The van der Waals surface area contributed by atoms with Crippen LogP contribution in [0.15, 0.2) is 24.4 Å². The number of hydrogen-bond acceptors (Lipinski definition) is 7. The predicted molar refractivity (Wildman–Crippen MR) is 119 cm³/mol. The molecule has 1 aromatic carbocycles. The van der Waals surface area contributed by atoms with E-state index in [9.17, 15) is 4.79 Å². The largest absolute Gasteiger partial charge is 0.497 e. The molecule has 170 valence electrons. The molecule has 4 aliphatic rings. The summed E-state index contributed by atoms with van der Waals surface area (Å²) in [7, 11) is 5.23. The summed E-state index contributed by atoms with van der Waals surface area (Å²) in [5.41, 5.74) is 8.63. The lowest BCUT2D eigenvalue weighted by Gasteiger charge is -2.34. The van der Waals surface area contributed by atoms with Crippen molar-refractivity contribution in [3.8, 4) is 11.5 Å². The first kappa shape index (κ1) is 19.9. The van der Waals surface area contributed by atoms with E-state index in [-0.39, 0.29) is 17.5 Å². The van der Waals surface area contributed by atoms with Crippen molar-refractivity contribution in [3.63, 3.8) is 0 Å². The van der Waals surface area contributed by atoms with E-state index in [1.54, 1.807) is 18.9 Å². The van der Waals surface area contributed by atoms with E-state index in [0.29, 0.717) is 23.8 Å². The molecule has 32 heavy (non-hydrogen) atoms. The smallest absolute Gasteiger partial charge is 0.235 e. The summed E-state index contributed by atoms with van der Waals surface area (Å²) in [6.45, 7) is 0. The number of nitrogens with one attached hydrogen (secondary N) is 4. The van der Waals surface area contributed by atoms with Crippen LogP contribution in [0.1, 0.15) is 31.2 Å². The van der Waals surface area contributed by atoms with E-state index in [4.69, 9.17) is 9.47 Å². The van der Waals surface area contributed by atoms with Crippen LogP contribution in [0.4, 0.5) is 11.5 Å². The van der Waals surface area contributed by atoms with Crippen LogP contribution < -0.4 is 31.0 Å². The summed E-state index contributed by atoms with van der Waals surface area (Å²) in [5.74, 6) is 3.84. The minimum Gasteiger partial charge on any atom is -0.497 e. The van der Waals surface area contributed by atoms with Crippen LogP contribution in [0.2, 0.25) is 0 Å². The van der Waals surface area contributed by atoms with Gasteiger partial charge in [-0.2, -0.15) is 5.10 Å². The summed E-state index contributed by atoms with van der Waals surface area (Å²) in [4.78, 5) is 13.0. The third-order valence-electron chi connectivity index (χ3n) is 8.05. The summed E-state index contributed by atoms with van der Waals surface area (Å²) in [6, 6.07) is 6.30. The van der Waals surface area contributed by atoms with Crippen LogP contribution in [0.25, 0.3) is 0 Å². The Kier molecular flexibility index (Phi) is 4.42. The van der Waals surface area contributed by atoms with Crippen LogP contribution in [-0.2, 0) is 17.3 Å². The van der Waals surface area contributed by atoms with Gasteiger partial charge < -0.3 is 20.1 Å². The van der Waals surface area contributed by atoms with E-state index in [1.807, 2.05) is 25.4 Å². The number of carbonyl (C=O) groups is 1. The number of nitrogens with zero attached hydrogens (tertiary/aromatic N) is 2. The van der Waals surface area contributed by atoms with Crippen molar-refractivity contribution in [2.45, 2.75) is 43.3 Å². The fourth-order valence-corrected chi connectivity index (χ4v) is 6.38. The molecule has 2 aromatic rings. The lowest BCUT2D eigenvalue weighted by atomic mass is 9.74. The van der Waals surface area contributed by atoms with Crippen molar-refractivity contribution in [2.75, 3.05) is 24.9 Å². The van der Waals surface area contributed by atoms with E-state index < -0.39 is 0 Å². The molecule has 0 radical (unpaired) electrons. The average Bonchev–Trinajstić information content (AvgIpc) is 3.14.